The van der Waals surface area contributed by atoms with Crippen molar-refractivity contribution in [2.75, 3.05) is 5.32 Å². The number of nitrogens with one attached hydrogen (secondary N) is 3. The van der Waals surface area contributed by atoms with Gasteiger partial charge >= 0.3 is 6.09 Å². The van der Waals surface area contributed by atoms with Gasteiger partial charge in [-0.3, -0.25) is 20.1 Å². The van der Waals surface area contributed by atoms with Crippen LogP contribution >= 0.6 is 0 Å². The smallest absolute Gasteiger partial charge is 0.412 e. The molecule has 3 amide bonds. The maximum Gasteiger partial charge on any atom is 0.412 e. The quantitative estimate of drug-likeness (QED) is 0.245. The average molecular weight is 424 g/mol. The van der Waals surface area contributed by atoms with Crippen LogP contribution in [0.2, 0.25) is 0 Å². The van der Waals surface area contributed by atoms with Crippen LogP contribution in [0, 0.1) is 0 Å². The van der Waals surface area contributed by atoms with E-state index in [2.05, 4.69) is 15.8 Å². The van der Waals surface area contributed by atoms with E-state index in [1.165, 1.54) is 17.8 Å². The minimum atomic E-state index is -0.678. The second kappa shape index (κ2) is 10.7. The fourth-order valence-electron chi connectivity index (χ4n) is 2.34. The monoisotopic (exact) mass is 424 g/mol. The molecule has 31 heavy (non-hydrogen) atoms. The maximum atomic E-state index is 12.3. The third-order valence-electron chi connectivity index (χ3n) is 3.60. The molecule has 9 heteroatoms. The number of hydroxylamine groups is 1. The van der Waals surface area contributed by atoms with Crippen molar-refractivity contribution in [3.63, 3.8) is 0 Å². The lowest BCUT2D eigenvalue weighted by atomic mass is 10.1. The summed E-state index contributed by atoms with van der Waals surface area (Å²) in [6, 6.07) is 13.4. The number of anilines is 1. The molecule has 0 bridgehead atoms. The zero-order chi connectivity index (χ0) is 22.9. The molecule has 2 aromatic rings. The first-order chi connectivity index (χ1) is 14.7. The van der Waals surface area contributed by atoms with Crippen molar-refractivity contribution in [1.29, 1.82) is 0 Å². The molecule has 9 nitrogen and oxygen atoms in total. The van der Waals surface area contributed by atoms with Gasteiger partial charge in [0, 0.05) is 17.3 Å². The summed E-state index contributed by atoms with van der Waals surface area (Å²) in [7, 11) is 0. The number of carbonyl (C=O) groups excluding carboxylic acids is 3. The van der Waals surface area contributed by atoms with Gasteiger partial charge < -0.3 is 4.74 Å². The van der Waals surface area contributed by atoms with Gasteiger partial charge in [-0.2, -0.15) is 5.10 Å². The van der Waals surface area contributed by atoms with E-state index in [1.807, 2.05) is 0 Å². The minimum absolute atomic E-state index is 0.337. The van der Waals surface area contributed by atoms with Crippen LogP contribution in [0.5, 0.6) is 0 Å². The van der Waals surface area contributed by atoms with E-state index in [-0.39, 0.29) is 0 Å². The van der Waals surface area contributed by atoms with E-state index >= 15 is 0 Å². The first kappa shape index (κ1) is 23.3. The summed E-state index contributed by atoms with van der Waals surface area (Å²) in [6.07, 6.45) is 3.45. The summed E-state index contributed by atoms with van der Waals surface area (Å²) in [4.78, 5) is 35.2. The molecule has 0 fully saturated rings. The number of hydrazone groups is 1. The minimum Gasteiger partial charge on any atom is -0.444 e. The summed E-state index contributed by atoms with van der Waals surface area (Å²) in [5.41, 5.74) is 5.41. The Morgan fingerprint density at radius 1 is 1.03 bits per heavy atom. The molecule has 0 aliphatic heterocycles. The first-order valence-corrected chi connectivity index (χ1v) is 9.32. The van der Waals surface area contributed by atoms with Gasteiger partial charge in [0.05, 0.1) is 6.21 Å². The Balaban J connectivity index is 1.98. The van der Waals surface area contributed by atoms with Gasteiger partial charge in [0.25, 0.3) is 11.8 Å². The molecule has 0 unspecified atom stereocenters. The highest BCUT2D eigenvalue weighted by Crippen LogP contribution is 2.13. The van der Waals surface area contributed by atoms with Gasteiger partial charge in [0.15, 0.2) is 0 Å². The number of hydrogen-bond acceptors (Lipinski definition) is 6. The van der Waals surface area contributed by atoms with Crippen molar-refractivity contribution in [3.8, 4) is 0 Å². The van der Waals surface area contributed by atoms with Gasteiger partial charge in [-0.15, -0.1) is 0 Å². The molecule has 2 aromatic carbocycles. The van der Waals surface area contributed by atoms with Crippen LogP contribution in [0.4, 0.5) is 10.5 Å². The first-order valence-electron chi connectivity index (χ1n) is 9.32. The van der Waals surface area contributed by atoms with E-state index in [1.54, 1.807) is 69.3 Å². The van der Waals surface area contributed by atoms with E-state index in [9.17, 15) is 14.4 Å². The maximum absolute atomic E-state index is 12.3. The molecule has 0 heterocycles. The molecule has 0 radical (unpaired) electrons. The van der Waals surface area contributed by atoms with Crippen LogP contribution in [0.3, 0.4) is 0 Å². The van der Waals surface area contributed by atoms with E-state index in [0.29, 0.717) is 22.4 Å². The number of carbonyl (C=O) groups is 3. The number of ether oxygens (including phenoxy) is 1. The van der Waals surface area contributed by atoms with Gasteiger partial charge in [0.1, 0.15) is 5.60 Å². The molecular weight excluding hydrogens is 400 g/mol. The van der Waals surface area contributed by atoms with Crippen LogP contribution in [0.15, 0.2) is 59.7 Å². The zero-order valence-corrected chi connectivity index (χ0v) is 17.4. The summed E-state index contributed by atoms with van der Waals surface area (Å²) >= 11 is 0. The average Bonchev–Trinajstić information content (AvgIpc) is 2.71. The summed E-state index contributed by atoms with van der Waals surface area (Å²) < 4.78 is 5.21. The fraction of sp³-hybridized carbons (Fsp3) is 0.182. The van der Waals surface area contributed by atoms with Crippen molar-refractivity contribution in [2.45, 2.75) is 26.4 Å². The largest absolute Gasteiger partial charge is 0.444 e. The SMILES string of the molecule is CC(C)(C)OC(=O)Nc1cccc(C=NNC(=O)c2cccc(C=CC(=O)NO)c2)c1. The lowest BCUT2D eigenvalue weighted by Crippen LogP contribution is -2.27. The normalized spacial score (nSPS) is 11.4. The third-order valence-corrected chi connectivity index (χ3v) is 3.60. The van der Waals surface area contributed by atoms with E-state index in [0.717, 1.165) is 6.08 Å². The second-order valence-electron chi connectivity index (χ2n) is 7.39. The Hall–Kier alpha value is -3.98. The van der Waals surface area contributed by atoms with Gasteiger partial charge in [-0.05, 0) is 62.2 Å². The molecule has 4 N–H and O–H groups in total. The van der Waals surface area contributed by atoms with Gasteiger partial charge in [0.2, 0.25) is 0 Å². The van der Waals surface area contributed by atoms with E-state index in [4.69, 9.17) is 9.94 Å². The predicted molar refractivity (Wildman–Crippen MR) is 117 cm³/mol. The van der Waals surface area contributed by atoms with Gasteiger partial charge in [-0.1, -0.05) is 24.3 Å². The molecular formula is C22H24N4O5. The Bertz CT molecular complexity index is 1010. The zero-order valence-electron chi connectivity index (χ0n) is 17.4. The van der Waals surface area contributed by atoms with Crippen molar-refractivity contribution >= 4 is 35.9 Å². The number of hydrogen-bond donors (Lipinski definition) is 4. The highest BCUT2D eigenvalue weighted by atomic mass is 16.6. The highest BCUT2D eigenvalue weighted by Gasteiger charge is 2.16. The highest BCUT2D eigenvalue weighted by molar-refractivity contribution is 5.96. The lowest BCUT2D eigenvalue weighted by molar-refractivity contribution is -0.124. The van der Waals surface area contributed by atoms with Crippen molar-refractivity contribution < 1.29 is 24.3 Å². The summed E-state index contributed by atoms with van der Waals surface area (Å²) in [6.45, 7) is 5.32. The van der Waals surface area contributed by atoms with Crippen molar-refractivity contribution in [2.24, 2.45) is 5.10 Å². The van der Waals surface area contributed by atoms with Crippen LogP contribution in [-0.4, -0.2) is 34.9 Å². The molecule has 0 aromatic heterocycles. The molecule has 0 aliphatic rings. The molecule has 2 rings (SSSR count). The third kappa shape index (κ3) is 8.50. The molecule has 0 atom stereocenters. The summed E-state index contributed by atoms with van der Waals surface area (Å²) in [5.74, 6) is -1.12. The molecule has 162 valence electrons. The fourth-order valence-corrected chi connectivity index (χ4v) is 2.34. The number of rotatable bonds is 6. The molecule has 0 saturated heterocycles. The predicted octanol–water partition coefficient (Wildman–Crippen LogP) is 3.32. The molecule has 0 spiro atoms. The van der Waals surface area contributed by atoms with Crippen molar-refractivity contribution in [1.82, 2.24) is 10.9 Å². The van der Waals surface area contributed by atoms with Gasteiger partial charge in [-0.25, -0.2) is 15.7 Å². The Kier molecular flexibility index (Phi) is 8.04. The topological polar surface area (TPSA) is 129 Å². The van der Waals surface area contributed by atoms with Crippen LogP contribution < -0.4 is 16.2 Å². The van der Waals surface area contributed by atoms with E-state index < -0.39 is 23.5 Å². The second-order valence-corrected chi connectivity index (χ2v) is 7.39. The number of nitrogens with zero attached hydrogens (tertiary/aromatic N) is 1. The Labute approximate surface area is 179 Å². The Morgan fingerprint density at radius 2 is 1.74 bits per heavy atom. The Morgan fingerprint density at radius 3 is 2.45 bits per heavy atom. The molecule has 0 aliphatic carbocycles. The van der Waals surface area contributed by atoms with Crippen LogP contribution in [-0.2, 0) is 9.53 Å². The summed E-state index contributed by atoms with van der Waals surface area (Å²) in [5, 5.41) is 15.1. The van der Waals surface area contributed by atoms with Crippen LogP contribution in [0.1, 0.15) is 42.3 Å². The molecule has 0 saturated carbocycles. The number of amides is 3. The standard InChI is InChI=1S/C22H24N4O5/c1-22(2,3)31-21(29)24-18-9-5-7-16(13-18)14-23-25-20(28)17-8-4-6-15(12-17)10-11-19(27)26-30/h4-14,30H,1-3H3,(H,24,29)(H,25,28)(H,26,27). The van der Waals surface area contributed by atoms with Crippen LogP contribution in [0.25, 0.3) is 6.08 Å². The number of benzene rings is 2. The van der Waals surface area contributed by atoms with Crippen molar-refractivity contribution in [3.05, 3.63) is 71.3 Å². The lowest BCUT2D eigenvalue weighted by Gasteiger charge is -2.19.